The molecule has 34 heavy (non-hydrogen) atoms. The van der Waals surface area contributed by atoms with Crippen LogP contribution in [-0.2, 0) is 0 Å². The topological polar surface area (TPSA) is 9.23 Å². The molecule has 1 nitrogen and oxygen atoms in total. The number of hydrogen-bond acceptors (Lipinski definition) is 1. The van der Waals surface area contributed by atoms with Crippen LogP contribution >= 0.6 is 23.2 Å². The van der Waals surface area contributed by atoms with Crippen molar-refractivity contribution < 1.29 is 3.07 Å². The zero-order chi connectivity index (χ0) is 23.4. The average molecular weight is 588 g/mol. The molecule has 0 saturated carbocycles. The first kappa shape index (κ1) is 23.0. The number of hydrogen-bond donors (Lipinski definition) is 0. The number of benzene rings is 5. The summed E-state index contributed by atoms with van der Waals surface area (Å²) < 4.78 is 11.0. The predicted octanol–water partition coefficient (Wildman–Crippen LogP) is 6.71. The van der Waals surface area contributed by atoms with Crippen molar-refractivity contribution in [1.29, 1.82) is 0 Å². The van der Waals surface area contributed by atoms with Crippen molar-refractivity contribution >= 4 is 52.7 Å². The van der Waals surface area contributed by atoms with E-state index >= 15 is 0 Å². The predicted molar refractivity (Wildman–Crippen MR) is 147 cm³/mol. The molecule has 0 unspecified atom stereocenters. The molecule has 0 amide bonds. The minimum absolute atomic E-state index is 0.509. The fourth-order valence-corrected chi connectivity index (χ4v) is 16.1. The molecule has 0 heterocycles. The second-order valence-electron chi connectivity index (χ2n) is 8.01. The van der Waals surface area contributed by atoms with Crippen molar-refractivity contribution in [1.82, 2.24) is 0 Å². The van der Waals surface area contributed by atoms with Gasteiger partial charge in [0.2, 0.25) is 0 Å². The van der Waals surface area contributed by atoms with Gasteiger partial charge in [0, 0.05) is 0 Å². The molecule has 0 spiro atoms. The maximum absolute atomic E-state index is 7.35. The van der Waals surface area contributed by atoms with Gasteiger partial charge in [-0.15, -0.1) is 0 Å². The summed E-state index contributed by atoms with van der Waals surface area (Å²) in [5.74, 6) is 0.671. The van der Waals surface area contributed by atoms with Crippen molar-refractivity contribution in [2.24, 2.45) is 0 Å². The van der Waals surface area contributed by atoms with Gasteiger partial charge in [-0.05, 0) is 0 Å². The first-order valence-electron chi connectivity index (χ1n) is 11.1. The minimum atomic E-state index is -4.06. The zero-order valence-electron chi connectivity index (χ0n) is 18.4. The Kier molecular flexibility index (Phi) is 6.96. The summed E-state index contributed by atoms with van der Waals surface area (Å²) in [6, 6.07) is 45.5. The van der Waals surface area contributed by atoms with Crippen molar-refractivity contribution in [2.45, 2.75) is 0 Å². The van der Waals surface area contributed by atoms with Crippen LogP contribution in [0.2, 0.25) is 10.0 Å². The van der Waals surface area contributed by atoms with Gasteiger partial charge < -0.3 is 0 Å². The number of halogens is 2. The zero-order valence-corrected chi connectivity index (χ0v) is 22.7. The molecule has 0 aliphatic heterocycles. The maximum atomic E-state index is 7.35. The van der Waals surface area contributed by atoms with E-state index in [1.807, 2.05) is 42.5 Å². The average Bonchev–Trinajstić information content (AvgIpc) is 2.90. The van der Waals surface area contributed by atoms with Crippen LogP contribution in [0.5, 0.6) is 5.75 Å². The van der Waals surface area contributed by atoms with Crippen molar-refractivity contribution in [3.05, 3.63) is 144 Å². The van der Waals surface area contributed by atoms with E-state index in [-0.39, 0.29) is 0 Å². The molecule has 0 atom stereocenters. The van der Waals surface area contributed by atoms with Crippen LogP contribution in [0.4, 0.5) is 0 Å². The quantitative estimate of drug-likeness (QED) is 0.201. The van der Waals surface area contributed by atoms with Crippen LogP contribution in [-0.4, -0.2) is 18.8 Å². The monoisotopic (exact) mass is 588 g/mol. The Morgan fingerprint density at radius 1 is 0.500 bits per heavy atom. The second kappa shape index (κ2) is 10.3. The van der Waals surface area contributed by atoms with Gasteiger partial charge in [0.1, 0.15) is 0 Å². The van der Waals surface area contributed by atoms with Crippen LogP contribution in [0.1, 0.15) is 0 Å². The number of rotatable bonds is 6. The third kappa shape index (κ3) is 4.48. The van der Waals surface area contributed by atoms with E-state index in [1.54, 1.807) is 6.07 Å². The van der Waals surface area contributed by atoms with E-state index in [9.17, 15) is 0 Å². The van der Waals surface area contributed by atoms with Gasteiger partial charge in [-0.25, -0.2) is 0 Å². The van der Waals surface area contributed by atoms with Gasteiger partial charge >= 0.3 is 216 Å². The fourth-order valence-electron chi connectivity index (χ4n) is 4.34. The van der Waals surface area contributed by atoms with Crippen molar-refractivity contribution in [3.8, 4) is 16.9 Å². The van der Waals surface area contributed by atoms with Crippen LogP contribution in [0, 0.1) is 0 Å². The Balaban J connectivity index is 1.82. The van der Waals surface area contributed by atoms with E-state index < -0.39 is 18.8 Å². The van der Waals surface area contributed by atoms with E-state index in [1.165, 1.54) is 10.7 Å². The summed E-state index contributed by atoms with van der Waals surface area (Å²) in [6.45, 7) is 0. The Hall–Kier alpha value is -2.72. The molecule has 5 aromatic rings. The van der Waals surface area contributed by atoms with Gasteiger partial charge in [0.25, 0.3) is 0 Å². The van der Waals surface area contributed by atoms with Crippen LogP contribution < -0.4 is 13.8 Å². The van der Waals surface area contributed by atoms with E-state index in [2.05, 4.69) is 84.9 Å². The SMILES string of the molecule is Clc1cc(Cl)c([O][Sn]([c]2ccccc2)([c]2ccccc2)[c]2ccccc2)c(-c2ccccc2)c1. The van der Waals surface area contributed by atoms with Crippen LogP contribution in [0.25, 0.3) is 11.1 Å². The first-order valence-corrected chi connectivity index (χ1v) is 17.3. The van der Waals surface area contributed by atoms with E-state index in [0.717, 1.165) is 11.1 Å². The summed E-state index contributed by atoms with van der Waals surface area (Å²) in [7, 11) is 0. The summed E-state index contributed by atoms with van der Waals surface area (Å²) in [5, 5.41) is 1.09. The van der Waals surface area contributed by atoms with Gasteiger partial charge in [0.15, 0.2) is 0 Å². The van der Waals surface area contributed by atoms with Gasteiger partial charge in [0.05, 0.1) is 0 Å². The summed E-state index contributed by atoms with van der Waals surface area (Å²) in [6.07, 6.45) is 0. The third-order valence-electron chi connectivity index (χ3n) is 5.89. The van der Waals surface area contributed by atoms with Crippen LogP contribution in [0.3, 0.4) is 0 Å². The first-order chi connectivity index (χ1) is 16.7. The molecule has 0 N–H and O–H groups in total. The molecular formula is C30H22Cl2OSn. The standard InChI is InChI=1S/C12H8Cl2O.3C6H5.Sn/c13-9-6-10(12(15)11(14)7-9)8-4-2-1-3-5-8;3*1-2-4-6-5-3-1;/h1-7,15H;3*1-5H;/q;;;;+1/p-1. The second-order valence-corrected chi connectivity index (χ2v) is 18.3. The molecule has 0 fully saturated rings. The molecule has 0 aromatic heterocycles. The van der Waals surface area contributed by atoms with Crippen molar-refractivity contribution in [3.63, 3.8) is 0 Å². The molecular weight excluding hydrogens is 566 g/mol. The summed E-state index contributed by atoms with van der Waals surface area (Å²) >= 11 is 9.29. The third-order valence-corrected chi connectivity index (χ3v) is 17.7. The molecule has 0 aliphatic rings. The molecule has 0 bridgehead atoms. The summed E-state index contributed by atoms with van der Waals surface area (Å²) in [5.41, 5.74) is 1.90. The van der Waals surface area contributed by atoms with Crippen molar-refractivity contribution in [2.75, 3.05) is 0 Å². The molecule has 5 aromatic carbocycles. The molecule has 0 radical (unpaired) electrons. The van der Waals surface area contributed by atoms with E-state index in [0.29, 0.717) is 15.8 Å². The molecule has 4 heteroatoms. The fraction of sp³-hybridized carbons (Fsp3) is 0. The van der Waals surface area contributed by atoms with Gasteiger partial charge in [-0.2, -0.15) is 0 Å². The molecule has 0 saturated heterocycles. The molecule has 0 aliphatic carbocycles. The van der Waals surface area contributed by atoms with Gasteiger partial charge in [-0.1, -0.05) is 0 Å². The Morgan fingerprint density at radius 3 is 1.35 bits per heavy atom. The van der Waals surface area contributed by atoms with E-state index in [4.69, 9.17) is 26.3 Å². The Labute approximate surface area is 215 Å². The summed E-state index contributed by atoms with van der Waals surface area (Å²) in [4.78, 5) is 0. The Bertz CT molecular complexity index is 1280. The normalized spacial score (nSPS) is 11.2. The Morgan fingerprint density at radius 2 is 0.912 bits per heavy atom. The van der Waals surface area contributed by atoms with Gasteiger partial charge in [-0.3, -0.25) is 0 Å². The molecule has 5 rings (SSSR count). The van der Waals surface area contributed by atoms with Crippen LogP contribution in [0.15, 0.2) is 133 Å². The molecule has 166 valence electrons.